The SMILES string of the molecule is CCCCCOc1ccccc1N(C)c1nc(OC(C)(C)C)ncc1C(F)(F)F. The minimum absolute atomic E-state index is 0.117. The molecule has 0 saturated heterocycles. The zero-order chi connectivity index (χ0) is 21.7. The molecule has 0 spiro atoms. The van der Waals surface area contributed by atoms with Crippen molar-refractivity contribution >= 4 is 11.5 Å². The van der Waals surface area contributed by atoms with E-state index in [9.17, 15) is 13.2 Å². The number of ether oxygens (including phenoxy) is 2. The van der Waals surface area contributed by atoms with Gasteiger partial charge >= 0.3 is 12.2 Å². The summed E-state index contributed by atoms with van der Waals surface area (Å²) in [6.07, 6.45) is -0.905. The second kappa shape index (κ2) is 9.33. The molecule has 0 bridgehead atoms. The summed E-state index contributed by atoms with van der Waals surface area (Å²) in [6.45, 7) is 7.91. The van der Waals surface area contributed by atoms with Crippen LogP contribution in [0.25, 0.3) is 0 Å². The van der Waals surface area contributed by atoms with Crippen LogP contribution in [0, 0.1) is 0 Å². The maximum absolute atomic E-state index is 13.6. The monoisotopic (exact) mass is 411 g/mol. The summed E-state index contributed by atoms with van der Waals surface area (Å²) in [5, 5.41) is 0. The number of alkyl halides is 3. The van der Waals surface area contributed by atoms with E-state index in [0.717, 1.165) is 25.5 Å². The van der Waals surface area contributed by atoms with E-state index in [1.807, 2.05) is 0 Å². The van der Waals surface area contributed by atoms with Gasteiger partial charge in [0.15, 0.2) is 5.82 Å². The fraction of sp³-hybridized carbons (Fsp3) is 0.524. The topological polar surface area (TPSA) is 47.5 Å². The third-order valence-corrected chi connectivity index (χ3v) is 4.00. The quantitative estimate of drug-likeness (QED) is 0.498. The number of unbranched alkanes of at least 4 members (excludes halogenated alkanes) is 2. The predicted molar refractivity (Wildman–Crippen MR) is 107 cm³/mol. The molecule has 0 N–H and O–H groups in total. The molecule has 0 fully saturated rings. The third-order valence-electron chi connectivity index (χ3n) is 4.00. The van der Waals surface area contributed by atoms with Crippen molar-refractivity contribution in [2.24, 2.45) is 0 Å². The van der Waals surface area contributed by atoms with E-state index >= 15 is 0 Å². The highest BCUT2D eigenvalue weighted by Crippen LogP contribution is 2.40. The van der Waals surface area contributed by atoms with Crippen LogP contribution in [0.2, 0.25) is 0 Å². The predicted octanol–water partition coefficient (Wildman–Crippen LogP) is 6.01. The molecular formula is C21H28F3N3O2. The van der Waals surface area contributed by atoms with Gasteiger partial charge in [-0.1, -0.05) is 31.9 Å². The minimum Gasteiger partial charge on any atom is -0.491 e. The first-order valence-corrected chi connectivity index (χ1v) is 9.61. The molecular weight excluding hydrogens is 383 g/mol. The Balaban J connectivity index is 2.43. The summed E-state index contributed by atoms with van der Waals surface area (Å²) in [5.74, 6) is 0.201. The van der Waals surface area contributed by atoms with E-state index in [-0.39, 0.29) is 11.8 Å². The lowest BCUT2D eigenvalue weighted by Gasteiger charge is -2.26. The van der Waals surface area contributed by atoms with Crippen molar-refractivity contribution in [2.45, 2.75) is 58.7 Å². The van der Waals surface area contributed by atoms with Gasteiger partial charge in [0.1, 0.15) is 16.9 Å². The van der Waals surface area contributed by atoms with E-state index < -0.39 is 17.3 Å². The Morgan fingerprint density at radius 3 is 2.38 bits per heavy atom. The van der Waals surface area contributed by atoms with Crippen LogP contribution in [0.15, 0.2) is 30.5 Å². The fourth-order valence-corrected chi connectivity index (χ4v) is 2.64. The first-order chi connectivity index (χ1) is 13.5. The normalized spacial score (nSPS) is 12.0. The van der Waals surface area contributed by atoms with Gasteiger partial charge in [-0.25, -0.2) is 4.98 Å². The number of benzene rings is 1. The van der Waals surface area contributed by atoms with Crippen LogP contribution in [0.3, 0.4) is 0 Å². The number of rotatable bonds is 8. The Morgan fingerprint density at radius 2 is 1.76 bits per heavy atom. The molecule has 1 aromatic heterocycles. The fourth-order valence-electron chi connectivity index (χ4n) is 2.64. The number of hydrogen-bond acceptors (Lipinski definition) is 5. The zero-order valence-corrected chi connectivity index (χ0v) is 17.5. The molecule has 0 aliphatic rings. The van der Waals surface area contributed by atoms with E-state index in [1.54, 1.807) is 45.0 Å². The highest BCUT2D eigenvalue weighted by atomic mass is 19.4. The van der Waals surface area contributed by atoms with Crippen LogP contribution in [-0.4, -0.2) is 29.2 Å². The molecule has 0 radical (unpaired) electrons. The minimum atomic E-state index is -4.61. The van der Waals surface area contributed by atoms with Gasteiger partial charge in [-0.15, -0.1) is 0 Å². The molecule has 29 heavy (non-hydrogen) atoms. The molecule has 0 unspecified atom stereocenters. The van der Waals surface area contributed by atoms with Crippen molar-refractivity contribution in [3.05, 3.63) is 36.0 Å². The summed E-state index contributed by atoms with van der Waals surface area (Å²) in [4.78, 5) is 9.17. The summed E-state index contributed by atoms with van der Waals surface area (Å²) < 4.78 is 52.2. The van der Waals surface area contributed by atoms with Gasteiger partial charge < -0.3 is 14.4 Å². The molecule has 5 nitrogen and oxygen atoms in total. The Morgan fingerprint density at radius 1 is 1.07 bits per heavy atom. The number of halogens is 3. The van der Waals surface area contributed by atoms with Crippen LogP contribution < -0.4 is 14.4 Å². The number of para-hydroxylation sites is 2. The maximum Gasteiger partial charge on any atom is 0.421 e. The van der Waals surface area contributed by atoms with Gasteiger partial charge in [-0.05, 0) is 39.3 Å². The summed E-state index contributed by atoms with van der Waals surface area (Å²) in [5.41, 5.74) is -1.10. The maximum atomic E-state index is 13.6. The Kier molecular flexibility index (Phi) is 7.32. The lowest BCUT2D eigenvalue weighted by atomic mass is 10.2. The number of nitrogens with zero attached hydrogens (tertiary/aromatic N) is 3. The average Bonchev–Trinajstić information content (AvgIpc) is 2.63. The van der Waals surface area contributed by atoms with Crippen LogP contribution in [0.5, 0.6) is 11.8 Å². The molecule has 0 amide bonds. The molecule has 1 heterocycles. The van der Waals surface area contributed by atoms with Crippen molar-refractivity contribution in [1.82, 2.24) is 9.97 Å². The molecule has 0 saturated carbocycles. The van der Waals surface area contributed by atoms with Crippen LogP contribution in [0.4, 0.5) is 24.7 Å². The molecule has 2 rings (SSSR count). The summed E-state index contributed by atoms with van der Waals surface area (Å²) in [6, 6.07) is 6.84. The van der Waals surface area contributed by atoms with E-state index in [1.165, 1.54) is 11.9 Å². The van der Waals surface area contributed by atoms with Crippen LogP contribution >= 0.6 is 0 Å². The molecule has 1 aromatic carbocycles. The first kappa shape index (κ1) is 22.8. The van der Waals surface area contributed by atoms with E-state index in [2.05, 4.69) is 16.9 Å². The molecule has 0 atom stereocenters. The Bertz CT molecular complexity index is 804. The molecule has 0 aliphatic heterocycles. The lowest BCUT2D eigenvalue weighted by molar-refractivity contribution is -0.137. The van der Waals surface area contributed by atoms with Crippen LogP contribution in [-0.2, 0) is 6.18 Å². The molecule has 0 aliphatic carbocycles. The van der Waals surface area contributed by atoms with Gasteiger partial charge in [0.25, 0.3) is 0 Å². The smallest absolute Gasteiger partial charge is 0.421 e. The number of hydrogen-bond donors (Lipinski definition) is 0. The Labute approximate surface area is 169 Å². The highest BCUT2D eigenvalue weighted by molar-refractivity contribution is 5.68. The highest BCUT2D eigenvalue weighted by Gasteiger charge is 2.37. The van der Waals surface area contributed by atoms with Gasteiger partial charge in [0.05, 0.1) is 12.3 Å². The zero-order valence-electron chi connectivity index (χ0n) is 17.5. The van der Waals surface area contributed by atoms with Crippen molar-refractivity contribution in [3.63, 3.8) is 0 Å². The molecule has 2 aromatic rings. The largest absolute Gasteiger partial charge is 0.491 e. The third kappa shape index (κ3) is 6.51. The van der Waals surface area contributed by atoms with Crippen molar-refractivity contribution in [1.29, 1.82) is 0 Å². The van der Waals surface area contributed by atoms with Gasteiger partial charge in [-0.2, -0.15) is 18.2 Å². The molecule has 160 valence electrons. The van der Waals surface area contributed by atoms with E-state index in [4.69, 9.17) is 9.47 Å². The van der Waals surface area contributed by atoms with E-state index in [0.29, 0.717) is 18.0 Å². The van der Waals surface area contributed by atoms with Crippen LogP contribution in [0.1, 0.15) is 52.5 Å². The second-order valence-corrected chi connectivity index (χ2v) is 7.68. The summed E-state index contributed by atoms with van der Waals surface area (Å²) >= 11 is 0. The van der Waals surface area contributed by atoms with Gasteiger partial charge in [0, 0.05) is 13.2 Å². The first-order valence-electron chi connectivity index (χ1n) is 9.61. The average molecular weight is 411 g/mol. The second-order valence-electron chi connectivity index (χ2n) is 7.68. The Hall–Kier alpha value is -2.51. The van der Waals surface area contributed by atoms with Crippen molar-refractivity contribution in [3.8, 4) is 11.8 Å². The van der Waals surface area contributed by atoms with Gasteiger partial charge in [0.2, 0.25) is 0 Å². The number of aromatic nitrogens is 2. The van der Waals surface area contributed by atoms with Gasteiger partial charge in [-0.3, -0.25) is 0 Å². The van der Waals surface area contributed by atoms with Crippen molar-refractivity contribution in [2.75, 3.05) is 18.6 Å². The lowest BCUT2D eigenvalue weighted by Crippen LogP contribution is -2.26. The van der Waals surface area contributed by atoms with Crippen molar-refractivity contribution < 1.29 is 22.6 Å². The standard InChI is InChI=1S/C21H28F3N3O2/c1-6-7-10-13-28-17-12-9-8-11-16(17)27(5)18-15(21(22,23)24)14-25-19(26-18)29-20(2,3)4/h8-9,11-12,14H,6-7,10,13H2,1-5H3. The molecule has 8 heteroatoms. The number of anilines is 2. The summed E-state index contributed by atoms with van der Waals surface area (Å²) in [7, 11) is 1.52.